The van der Waals surface area contributed by atoms with Gasteiger partial charge >= 0.3 is 83.2 Å². The monoisotopic (exact) mass is 278 g/mol. The molecule has 0 aliphatic rings. The zero-order valence-corrected chi connectivity index (χ0v) is 10.3. The predicted octanol–water partition coefficient (Wildman–Crippen LogP) is -6.20. The number of hydrogen-bond acceptors (Lipinski definition) is 5. The number of rotatable bonds is 2. The molecule has 0 amide bonds. The fourth-order valence-corrected chi connectivity index (χ4v) is 1.85. The second kappa shape index (κ2) is 7.47. The molecular formula is H7Cr2NaO9. The first-order chi connectivity index (χ1) is 3.71. The minimum atomic E-state index is -5.76. The molecule has 74 valence electrons. The Morgan fingerprint density at radius 2 is 1.08 bits per heavy atom. The van der Waals surface area contributed by atoms with Crippen molar-refractivity contribution in [1.29, 1.82) is 0 Å². The molecule has 0 saturated carbocycles. The maximum absolute atomic E-state index is 9.53. The van der Waals surface area contributed by atoms with Crippen LogP contribution in [0.3, 0.4) is 0 Å². The fourth-order valence-electron chi connectivity index (χ4n) is 0.109. The standard InChI is InChI=1S/2Cr.Na.4H2O.5O.H/h;;;4*1H2;;;;;;/q3*+1;;;;;;;;;;-1/p-2. The van der Waals surface area contributed by atoms with Gasteiger partial charge in [0.2, 0.25) is 0 Å². The van der Waals surface area contributed by atoms with E-state index in [1.165, 1.54) is 0 Å². The summed E-state index contributed by atoms with van der Waals surface area (Å²) in [6, 6.07) is 0. The van der Waals surface area contributed by atoms with Crippen LogP contribution in [0.15, 0.2) is 0 Å². The molecule has 0 aromatic rings. The SMILES string of the molecule is O.O.[H-].[Na+].[O]=[Cr](=[O])([OH])[O][Cr](=[O])(=[O])[OH]. The van der Waals surface area contributed by atoms with Gasteiger partial charge in [0, 0.05) is 0 Å². The molecule has 0 atom stereocenters. The molecule has 0 fully saturated rings. The van der Waals surface area contributed by atoms with Gasteiger partial charge in [-0.3, -0.25) is 0 Å². The Kier molecular flexibility index (Phi) is 14.4. The van der Waals surface area contributed by atoms with Crippen molar-refractivity contribution >= 4 is 0 Å². The summed E-state index contributed by atoms with van der Waals surface area (Å²) in [6.07, 6.45) is 0. The topological polar surface area (TPSA) is 181 Å². The first kappa shape index (κ1) is 23.1. The van der Waals surface area contributed by atoms with Gasteiger partial charge in [-0.15, -0.1) is 0 Å². The van der Waals surface area contributed by atoms with E-state index < -0.39 is 27.2 Å². The van der Waals surface area contributed by atoms with Crippen LogP contribution in [-0.2, 0) is 45.3 Å². The first-order valence-corrected chi connectivity index (χ1v) is 5.63. The van der Waals surface area contributed by atoms with Gasteiger partial charge in [-0.2, -0.15) is 0 Å². The average molecular weight is 278 g/mol. The van der Waals surface area contributed by atoms with Crippen LogP contribution in [0, 0.1) is 0 Å². The van der Waals surface area contributed by atoms with Gasteiger partial charge in [-0.05, 0) is 0 Å². The Bertz CT molecular complexity index is 243. The molecule has 12 heavy (non-hydrogen) atoms. The van der Waals surface area contributed by atoms with Crippen LogP contribution in [0.5, 0.6) is 0 Å². The molecule has 0 rings (SSSR count). The molecule has 6 N–H and O–H groups in total. The van der Waals surface area contributed by atoms with Crippen LogP contribution in [0.1, 0.15) is 1.43 Å². The van der Waals surface area contributed by atoms with Gasteiger partial charge in [0.05, 0.1) is 0 Å². The van der Waals surface area contributed by atoms with E-state index in [0.29, 0.717) is 0 Å². The Morgan fingerprint density at radius 1 is 0.917 bits per heavy atom. The van der Waals surface area contributed by atoms with E-state index >= 15 is 0 Å². The van der Waals surface area contributed by atoms with E-state index in [1.54, 1.807) is 0 Å². The van der Waals surface area contributed by atoms with E-state index in [0.717, 1.165) is 0 Å². The molecule has 0 unspecified atom stereocenters. The third kappa shape index (κ3) is 22.5. The van der Waals surface area contributed by atoms with Crippen LogP contribution >= 0.6 is 0 Å². The third-order valence-electron chi connectivity index (χ3n) is 0.172. The minimum absolute atomic E-state index is 0. The first-order valence-electron chi connectivity index (χ1n) is 1.37. The summed E-state index contributed by atoms with van der Waals surface area (Å²) >= 11 is -11.5. The van der Waals surface area contributed by atoms with E-state index in [1.807, 2.05) is 0 Å². The van der Waals surface area contributed by atoms with Crippen molar-refractivity contribution in [2.75, 3.05) is 0 Å². The van der Waals surface area contributed by atoms with Crippen LogP contribution in [0.4, 0.5) is 0 Å². The van der Waals surface area contributed by atoms with Crippen molar-refractivity contribution in [1.82, 2.24) is 0 Å². The Balaban J connectivity index is -0.0000000533. The third-order valence-corrected chi connectivity index (χ3v) is 2.92. The van der Waals surface area contributed by atoms with Gasteiger partial charge in [0.1, 0.15) is 0 Å². The molecule has 12 heteroatoms. The van der Waals surface area contributed by atoms with E-state index in [4.69, 9.17) is 8.32 Å². The maximum atomic E-state index is 9.53. The summed E-state index contributed by atoms with van der Waals surface area (Å²) in [7, 11) is 0. The zero-order chi connectivity index (χ0) is 7.71. The van der Waals surface area contributed by atoms with Crippen LogP contribution in [0.25, 0.3) is 0 Å². The summed E-state index contributed by atoms with van der Waals surface area (Å²) in [6.45, 7) is 0. The van der Waals surface area contributed by atoms with Gasteiger partial charge in [0.15, 0.2) is 0 Å². The molecular weight excluding hydrogens is 271 g/mol. The van der Waals surface area contributed by atoms with Crippen molar-refractivity contribution < 1.29 is 95.5 Å². The van der Waals surface area contributed by atoms with Crippen molar-refractivity contribution in [3.63, 3.8) is 0 Å². The van der Waals surface area contributed by atoms with Crippen molar-refractivity contribution in [3.8, 4) is 0 Å². The summed E-state index contributed by atoms with van der Waals surface area (Å²) in [5.41, 5.74) is 0. The Hall–Kier alpha value is 1.06. The van der Waals surface area contributed by atoms with Crippen molar-refractivity contribution in [2.24, 2.45) is 0 Å². The van der Waals surface area contributed by atoms with Crippen molar-refractivity contribution in [3.05, 3.63) is 0 Å². The van der Waals surface area contributed by atoms with Gasteiger partial charge in [-0.1, -0.05) is 0 Å². The second-order valence-corrected chi connectivity index (χ2v) is 4.68. The molecule has 0 aromatic heterocycles. The molecule has 0 aromatic carbocycles. The molecule has 0 aliphatic carbocycles. The molecule has 0 spiro atoms. The summed E-state index contributed by atoms with van der Waals surface area (Å²) in [5, 5.41) is 0. The molecule has 0 radical (unpaired) electrons. The summed E-state index contributed by atoms with van der Waals surface area (Å²) in [5.74, 6) is 0. The predicted molar refractivity (Wildman–Crippen MR) is 16.6 cm³/mol. The average Bonchev–Trinajstić information content (AvgIpc) is 1.14. The van der Waals surface area contributed by atoms with Crippen LogP contribution < -0.4 is 29.6 Å². The molecule has 0 aliphatic heterocycles. The normalized spacial score (nSPS) is 10.2. The quantitative estimate of drug-likeness (QED) is 0.471. The van der Waals surface area contributed by atoms with E-state index in [2.05, 4.69) is 2.84 Å². The Labute approximate surface area is 94.9 Å². The molecule has 9 nitrogen and oxygen atoms in total. The van der Waals surface area contributed by atoms with Crippen LogP contribution in [-0.4, -0.2) is 19.3 Å². The van der Waals surface area contributed by atoms with E-state index in [9.17, 15) is 15.2 Å². The molecule has 0 bridgehead atoms. The Morgan fingerprint density at radius 3 is 1.08 bits per heavy atom. The van der Waals surface area contributed by atoms with Crippen LogP contribution in [0.2, 0.25) is 0 Å². The van der Waals surface area contributed by atoms with Gasteiger partial charge < -0.3 is 12.4 Å². The molecule has 0 saturated heterocycles. The van der Waals surface area contributed by atoms with Crippen molar-refractivity contribution in [2.45, 2.75) is 0 Å². The number of hydrogen-bond donors (Lipinski definition) is 2. The summed E-state index contributed by atoms with van der Waals surface area (Å²) < 4.78 is 56.3. The fraction of sp³-hybridized carbons (Fsp3) is 0. The summed E-state index contributed by atoms with van der Waals surface area (Å²) in [4.78, 5) is 0. The van der Waals surface area contributed by atoms with Gasteiger partial charge in [-0.25, -0.2) is 0 Å². The van der Waals surface area contributed by atoms with E-state index in [-0.39, 0.29) is 41.9 Å². The second-order valence-electron chi connectivity index (χ2n) is 0.924. The zero-order valence-electron chi connectivity index (χ0n) is 6.75. The molecule has 0 heterocycles. The van der Waals surface area contributed by atoms with Gasteiger partial charge in [0.25, 0.3) is 0 Å².